The van der Waals surface area contributed by atoms with Crippen molar-refractivity contribution in [3.63, 3.8) is 0 Å². The minimum atomic E-state index is 0.910. The lowest BCUT2D eigenvalue weighted by molar-refractivity contribution is 0.822. The van der Waals surface area contributed by atoms with E-state index in [0.29, 0.717) is 0 Å². The van der Waals surface area contributed by atoms with E-state index in [1.165, 1.54) is 22.0 Å². The predicted molar refractivity (Wildman–Crippen MR) is 61.5 cm³/mol. The summed E-state index contributed by atoms with van der Waals surface area (Å²) in [4.78, 5) is 0. The smallest absolute Gasteiger partial charge is 0.0485 e. The van der Waals surface area contributed by atoms with Gasteiger partial charge in [-0.1, -0.05) is 24.3 Å². The molecule has 0 saturated carbocycles. The summed E-state index contributed by atoms with van der Waals surface area (Å²) in [5.74, 6) is 0. The van der Waals surface area contributed by atoms with Crippen molar-refractivity contribution in [3.05, 3.63) is 48.2 Å². The van der Waals surface area contributed by atoms with Gasteiger partial charge in [0, 0.05) is 23.6 Å². The normalized spacial score (nSPS) is 10.7. The fourth-order valence-electron chi connectivity index (χ4n) is 1.81. The van der Waals surface area contributed by atoms with Crippen LogP contribution in [0.15, 0.2) is 42.6 Å². The first-order chi connectivity index (χ1) is 6.68. The number of aromatic nitrogens is 1. The van der Waals surface area contributed by atoms with Gasteiger partial charge >= 0.3 is 0 Å². The van der Waals surface area contributed by atoms with Gasteiger partial charge in [0.15, 0.2) is 0 Å². The maximum Gasteiger partial charge on any atom is 0.0485 e. The molecule has 0 N–H and O–H groups in total. The van der Waals surface area contributed by atoms with E-state index in [0.717, 1.165) is 6.54 Å². The van der Waals surface area contributed by atoms with E-state index in [2.05, 4.69) is 55.5 Å². The molecule has 0 aliphatic rings. The van der Waals surface area contributed by atoms with Crippen LogP contribution >= 0.6 is 0 Å². The summed E-state index contributed by atoms with van der Waals surface area (Å²) in [6, 6.07) is 8.58. The zero-order chi connectivity index (χ0) is 10.1. The largest absolute Gasteiger partial charge is 0.343 e. The molecule has 0 saturated heterocycles. The number of hydrogen-bond acceptors (Lipinski definition) is 0. The molecule has 0 spiro atoms. The van der Waals surface area contributed by atoms with Crippen molar-refractivity contribution in [1.82, 2.24) is 4.57 Å². The van der Waals surface area contributed by atoms with Gasteiger partial charge in [0.25, 0.3) is 0 Å². The summed E-state index contributed by atoms with van der Waals surface area (Å²) in [7, 11) is 0. The van der Waals surface area contributed by atoms with Gasteiger partial charge in [-0.05, 0) is 31.5 Å². The van der Waals surface area contributed by atoms with Crippen LogP contribution in [0.1, 0.15) is 12.5 Å². The second kappa shape index (κ2) is 3.33. The standard InChI is InChI=1S/C13H15N/c1-10(2)9-14-8-7-12-11(3)5-4-6-13(12)14/h4-8H,1,9H2,2-3H3. The minimum absolute atomic E-state index is 0.910. The average Bonchev–Trinajstić information content (AvgIpc) is 2.49. The number of nitrogens with zero attached hydrogens (tertiary/aromatic N) is 1. The van der Waals surface area contributed by atoms with Gasteiger partial charge in [0.1, 0.15) is 0 Å². The lowest BCUT2D eigenvalue weighted by Gasteiger charge is -2.04. The Morgan fingerprint density at radius 2 is 2.14 bits per heavy atom. The molecule has 0 atom stereocenters. The van der Waals surface area contributed by atoms with Gasteiger partial charge in [-0.2, -0.15) is 0 Å². The van der Waals surface area contributed by atoms with Gasteiger partial charge in [-0.3, -0.25) is 0 Å². The highest BCUT2D eigenvalue weighted by Crippen LogP contribution is 2.19. The first-order valence-electron chi connectivity index (χ1n) is 4.87. The van der Waals surface area contributed by atoms with Gasteiger partial charge in [-0.25, -0.2) is 0 Å². The van der Waals surface area contributed by atoms with Gasteiger partial charge < -0.3 is 4.57 Å². The third-order valence-electron chi connectivity index (χ3n) is 2.47. The number of rotatable bonds is 2. The van der Waals surface area contributed by atoms with Gasteiger partial charge in [0.05, 0.1) is 0 Å². The van der Waals surface area contributed by atoms with Crippen molar-refractivity contribution >= 4 is 10.9 Å². The highest BCUT2D eigenvalue weighted by atomic mass is 14.9. The fourth-order valence-corrected chi connectivity index (χ4v) is 1.81. The second-order valence-corrected chi connectivity index (χ2v) is 3.91. The van der Waals surface area contributed by atoms with E-state index in [9.17, 15) is 0 Å². The molecule has 1 heteroatoms. The quantitative estimate of drug-likeness (QED) is 0.631. The van der Waals surface area contributed by atoms with Gasteiger partial charge in [-0.15, -0.1) is 0 Å². The van der Waals surface area contributed by atoms with Crippen molar-refractivity contribution < 1.29 is 0 Å². The van der Waals surface area contributed by atoms with Crippen molar-refractivity contribution in [2.24, 2.45) is 0 Å². The molecule has 0 aliphatic carbocycles. The van der Waals surface area contributed by atoms with E-state index < -0.39 is 0 Å². The number of benzene rings is 1. The second-order valence-electron chi connectivity index (χ2n) is 3.91. The molecule has 1 heterocycles. The molecule has 0 radical (unpaired) electrons. The number of allylic oxidation sites excluding steroid dienone is 1. The van der Waals surface area contributed by atoms with E-state index in [1.807, 2.05) is 0 Å². The molecule has 0 fully saturated rings. The molecule has 0 aliphatic heterocycles. The van der Waals surface area contributed by atoms with E-state index in [4.69, 9.17) is 0 Å². The third-order valence-corrected chi connectivity index (χ3v) is 2.47. The summed E-state index contributed by atoms with van der Waals surface area (Å²) in [5.41, 5.74) is 3.82. The molecule has 1 nitrogen and oxygen atoms in total. The molecular formula is C13H15N. The van der Waals surface area contributed by atoms with Crippen LogP contribution in [0, 0.1) is 6.92 Å². The van der Waals surface area contributed by atoms with Crippen LogP contribution in [0.3, 0.4) is 0 Å². The topological polar surface area (TPSA) is 4.93 Å². The van der Waals surface area contributed by atoms with Crippen molar-refractivity contribution in [1.29, 1.82) is 0 Å². The maximum atomic E-state index is 3.94. The fraction of sp³-hybridized carbons (Fsp3) is 0.231. The van der Waals surface area contributed by atoms with Gasteiger partial charge in [0.2, 0.25) is 0 Å². The van der Waals surface area contributed by atoms with Crippen LogP contribution in [-0.4, -0.2) is 4.57 Å². The Hall–Kier alpha value is -1.50. The summed E-state index contributed by atoms with van der Waals surface area (Å²) in [5, 5.41) is 1.34. The molecule has 72 valence electrons. The van der Waals surface area contributed by atoms with Crippen molar-refractivity contribution in [2.45, 2.75) is 20.4 Å². The zero-order valence-corrected chi connectivity index (χ0v) is 8.75. The lowest BCUT2D eigenvalue weighted by atomic mass is 10.1. The van der Waals surface area contributed by atoms with Crippen molar-refractivity contribution in [2.75, 3.05) is 0 Å². The number of hydrogen-bond donors (Lipinski definition) is 0. The van der Waals surface area contributed by atoms with E-state index in [-0.39, 0.29) is 0 Å². The number of aryl methyl sites for hydroxylation is 1. The van der Waals surface area contributed by atoms with Crippen molar-refractivity contribution in [3.8, 4) is 0 Å². The summed E-state index contributed by atoms with van der Waals surface area (Å²) in [6.07, 6.45) is 2.13. The Bertz CT molecular complexity index is 477. The van der Waals surface area contributed by atoms with Crippen LogP contribution in [0.5, 0.6) is 0 Å². The molecule has 0 bridgehead atoms. The van der Waals surface area contributed by atoms with Crippen LogP contribution < -0.4 is 0 Å². The predicted octanol–water partition coefficient (Wildman–Crippen LogP) is 3.53. The van der Waals surface area contributed by atoms with Crippen LogP contribution in [0.25, 0.3) is 10.9 Å². The first-order valence-corrected chi connectivity index (χ1v) is 4.87. The molecule has 2 aromatic rings. The monoisotopic (exact) mass is 185 g/mol. The van der Waals surface area contributed by atoms with Crippen LogP contribution in [0.2, 0.25) is 0 Å². The Balaban J connectivity index is 2.58. The maximum absolute atomic E-state index is 3.94. The lowest BCUT2D eigenvalue weighted by Crippen LogP contribution is -1.95. The van der Waals surface area contributed by atoms with E-state index >= 15 is 0 Å². The Morgan fingerprint density at radius 1 is 1.36 bits per heavy atom. The zero-order valence-electron chi connectivity index (χ0n) is 8.75. The SMILES string of the molecule is C=C(C)Cn1ccc2c(C)cccc21. The molecule has 2 rings (SSSR count). The molecule has 1 aromatic carbocycles. The average molecular weight is 185 g/mol. The summed E-state index contributed by atoms with van der Waals surface area (Å²) >= 11 is 0. The Kier molecular flexibility index (Phi) is 2.16. The Morgan fingerprint density at radius 3 is 2.86 bits per heavy atom. The van der Waals surface area contributed by atoms with Crippen LogP contribution in [-0.2, 0) is 6.54 Å². The minimum Gasteiger partial charge on any atom is -0.343 e. The number of fused-ring (bicyclic) bond motifs is 1. The first kappa shape index (κ1) is 9.07. The van der Waals surface area contributed by atoms with E-state index in [1.54, 1.807) is 0 Å². The summed E-state index contributed by atoms with van der Waals surface area (Å²) in [6.45, 7) is 9.05. The molecule has 0 amide bonds. The highest BCUT2D eigenvalue weighted by Gasteiger charge is 2.01. The summed E-state index contributed by atoms with van der Waals surface area (Å²) < 4.78 is 2.24. The highest BCUT2D eigenvalue weighted by molar-refractivity contribution is 5.83. The molecule has 14 heavy (non-hydrogen) atoms. The molecule has 0 unspecified atom stereocenters. The molecular weight excluding hydrogens is 170 g/mol. The Labute approximate surface area is 84.7 Å². The molecule has 1 aromatic heterocycles. The van der Waals surface area contributed by atoms with Crippen LogP contribution in [0.4, 0.5) is 0 Å². The third kappa shape index (κ3) is 1.46.